The van der Waals surface area contributed by atoms with Crippen LogP contribution in [-0.4, -0.2) is 31.1 Å². The molecule has 0 fully saturated rings. The molecule has 3 aromatic rings. The van der Waals surface area contributed by atoms with Crippen molar-refractivity contribution in [3.8, 4) is 11.3 Å². The summed E-state index contributed by atoms with van der Waals surface area (Å²) in [5, 5.41) is 17.1. The second kappa shape index (κ2) is 6.00. The highest BCUT2D eigenvalue weighted by Crippen LogP contribution is 2.16. The van der Waals surface area contributed by atoms with Gasteiger partial charge in [0.25, 0.3) is 0 Å². The van der Waals surface area contributed by atoms with Crippen molar-refractivity contribution in [2.75, 3.05) is 0 Å². The van der Waals surface area contributed by atoms with Crippen LogP contribution >= 0.6 is 0 Å². The fourth-order valence-corrected chi connectivity index (χ4v) is 1.94. The van der Waals surface area contributed by atoms with E-state index in [1.54, 1.807) is 18.6 Å². The standard InChI is InChI=1S/C14H14N6O/c21-14(10-20-8-7-17-19-20)15-9-11-1-3-12(4-2-11)13-5-6-16-18-13/h1-8H,9-10H2,(H,15,21)(H,16,18). The Kier molecular flexibility index (Phi) is 3.72. The van der Waals surface area contributed by atoms with Gasteiger partial charge in [-0.2, -0.15) is 5.10 Å². The van der Waals surface area contributed by atoms with E-state index in [4.69, 9.17) is 0 Å². The van der Waals surface area contributed by atoms with Gasteiger partial charge in [0.1, 0.15) is 6.54 Å². The molecule has 7 heteroatoms. The van der Waals surface area contributed by atoms with Crippen molar-refractivity contribution < 1.29 is 4.79 Å². The number of carbonyl (C=O) groups is 1. The molecule has 2 N–H and O–H groups in total. The van der Waals surface area contributed by atoms with Gasteiger partial charge in [-0.1, -0.05) is 29.5 Å². The number of benzene rings is 1. The van der Waals surface area contributed by atoms with Crippen LogP contribution in [0.3, 0.4) is 0 Å². The molecule has 0 atom stereocenters. The lowest BCUT2D eigenvalue weighted by molar-refractivity contribution is -0.122. The van der Waals surface area contributed by atoms with Crippen molar-refractivity contribution in [3.63, 3.8) is 0 Å². The van der Waals surface area contributed by atoms with Gasteiger partial charge in [-0.15, -0.1) is 5.10 Å². The molecule has 106 valence electrons. The molecular formula is C14H14N6O. The molecule has 0 saturated heterocycles. The molecule has 2 heterocycles. The van der Waals surface area contributed by atoms with Crippen LogP contribution in [0, 0.1) is 0 Å². The number of aromatic nitrogens is 5. The third-order valence-electron chi connectivity index (χ3n) is 3.03. The Labute approximate surface area is 121 Å². The second-order valence-corrected chi connectivity index (χ2v) is 4.54. The lowest BCUT2D eigenvalue weighted by atomic mass is 10.1. The number of carbonyl (C=O) groups excluding carboxylic acids is 1. The van der Waals surface area contributed by atoms with Crippen molar-refractivity contribution in [2.45, 2.75) is 13.1 Å². The zero-order valence-corrected chi connectivity index (χ0v) is 11.2. The summed E-state index contributed by atoms with van der Waals surface area (Å²) < 4.78 is 1.48. The van der Waals surface area contributed by atoms with Crippen LogP contribution in [0.2, 0.25) is 0 Å². The van der Waals surface area contributed by atoms with E-state index >= 15 is 0 Å². The van der Waals surface area contributed by atoms with Crippen molar-refractivity contribution in [1.29, 1.82) is 0 Å². The number of nitrogens with zero attached hydrogens (tertiary/aromatic N) is 4. The highest BCUT2D eigenvalue weighted by atomic mass is 16.2. The van der Waals surface area contributed by atoms with Gasteiger partial charge < -0.3 is 5.32 Å². The summed E-state index contributed by atoms with van der Waals surface area (Å²) in [5.74, 6) is -0.0989. The van der Waals surface area contributed by atoms with Gasteiger partial charge in [-0.3, -0.25) is 9.89 Å². The number of aromatic amines is 1. The van der Waals surface area contributed by atoms with E-state index in [0.717, 1.165) is 16.8 Å². The molecule has 7 nitrogen and oxygen atoms in total. The van der Waals surface area contributed by atoms with E-state index < -0.39 is 0 Å². The van der Waals surface area contributed by atoms with Gasteiger partial charge >= 0.3 is 0 Å². The third kappa shape index (κ3) is 3.33. The average molecular weight is 282 g/mol. The Balaban J connectivity index is 1.55. The van der Waals surface area contributed by atoms with Gasteiger partial charge in [-0.25, -0.2) is 4.68 Å². The van der Waals surface area contributed by atoms with Gasteiger partial charge in [0.15, 0.2) is 0 Å². The highest BCUT2D eigenvalue weighted by molar-refractivity contribution is 5.75. The molecule has 0 aliphatic heterocycles. The van der Waals surface area contributed by atoms with Gasteiger partial charge in [0.2, 0.25) is 5.91 Å². The monoisotopic (exact) mass is 282 g/mol. The first kappa shape index (κ1) is 13.0. The summed E-state index contributed by atoms with van der Waals surface area (Å²) in [6.07, 6.45) is 4.91. The Morgan fingerprint density at radius 1 is 1.19 bits per heavy atom. The molecule has 0 aliphatic rings. The van der Waals surface area contributed by atoms with E-state index in [1.807, 2.05) is 30.3 Å². The maximum absolute atomic E-state index is 11.7. The van der Waals surface area contributed by atoms with Crippen LogP contribution in [-0.2, 0) is 17.9 Å². The first-order chi connectivity index (χ1) is 10.3. The fraction of sp³-hybridized carbons (Fsp3) is 0.143. The summed E-state index contributed by atoms with van der Waals surface area (Å²) in [6, 6.07) is 9.85. The number of hydrogen-bond acceptors (Lipinski definition) is 4. The molecule has 0 unspecified atom stereocenters. The average Bonchev–Trinajstić information content (AvgIpc) is 3.19. The zero-order chi connectivity index (χ0) is 14.5. The fourth-order valence-electron chi connectivity index (χ4n) is 1.94. The van der Waals surface area contributed by atoms with Gasteiger partial charge in [0, 0.05) is 18.9 Å². The molecule has 2 aromatic heterocycles. The first-order valence-corrected chi connectivity index (χ1v) is 6.51. The maximum atomic E-state index is 11.7. The first-order valence-electron chi connectivity index (χ1n) is 6.51. The molecule has 3 rings (SSSR count). The zero-order valence-electron chi connectivity index (χ0n) is 11.2. The molecular weight excluding hydrogens is 268 g/mol. The summed E-state index contributed by atoms with van der Waals surface area (Å²) in [5.41, 5.74) is 3.06. The van der Waals surface area contributed by atoms with Gasteiger partial charge in [-0.05, 0) is 17.2 Å². The minimum atomic E-state index is -0.0989. The second-order valence-electron chi connectivity index (χ2n) is 4.54. The molecule has 21 heavy (non-hydrogen) atoms. The van der Waals surface area contributed by atoms with Crippen molar-refractivity contribution in [3.05, 3.63) is 54.5 Å². The van der Waals surface area contributed by atoms with Crippen LogP contribution in [0.4, 0.5) is 0 Å². The Bertz CT molecular complexity index is 688. The molecule has 0 bridgehead atoms. The van der Waals surface area contributed by atoms with Gasteiger partial charge in [0.05, 0.1) is 11.9 Å². The lowest BCUT2D eigenvalue weighted by Gasteiger charge is -2.06. The predicted molar refractivity (Wildman–Crippen MR) is 75.9 cm³/mol. The molecule has 1 amide bonds. The van der Waals surface area contributed by atoms with E-state index in [2.05, 4.69) is 25.8 Å². The Hall–Kier alpha value is -2.96. The van der Waals surface area contributed by atoms with Crippen LogP contribution in [0.1, 0.15) is 5.56 Å². The van der Waals surface area contributed by atoms with Crippen LogP contribution in [0.15, 0.2) is 48.9 Å². The predicted octanol–water partition coefficient (Wildman–Crippen LogP) is 0.985. The topological polar surface area (TPSA) is 88.5 Å². The van der Waals surface area contributed by atoms with E-state index in [9.17, 15) is 4.79 Å². The largest absolute Gasteiger partial charge is 0.350 e. The van der Waals surface area contributed by atoms with Crippen molar-refractivity contribution >= 4 is 5.91 Å². The molecule has 0 aliphatic carbocycles. The number of rotatable bonds is 5. The van der Waals surface area contributed by atoms with E-state index in [-0.39, 0.29) is 12.5 Å². The minimum Gasteiger partial charge on any atom is -0.350 e. The van der Waals surface area contributed by atoms with Crippen LogP contribution < -0.4 is 5.32 Å². The number of nitrogens with one attached hydrogen (secondary N) is 2. The lowest BCUT2D eigenvalue weighted by Crippen LogP contribution is -2.27. The van der Waals surface area contributed by atoms with Crippen molar-refractivity contribution in [2.24, 2.45) is 0 Å². The Morgan fingerprint density at radius 2 is 2.05 bits per heavy atom. The smallest absolute Gasteiger partial charge is 0.242 e. The molecule has 0 saturated carbocycles. The maximum Gasteiger partial charge on any atom is 0.242 e. The van der Waals surface area contributed by atoms with Crippen LogP contribution in [0.5, 0.6) is 0 Å². The van der Waals surface area contributed by atoms with Crippen molar-refractivity contribution in [1.82, 2.24) is 30.5 Å². The van der Waals surface area contributed by atoms with E-state index in [1.165, 1.54) is 4.68 Å². The highest BCUT2D eigenvalue weighted by Gasteiger charge is 2.04. The normalized spacial score (nSPS) is 10.5. The molecule has 0 spiro atoms. The summed E-state index contributed by atoms with van der Waals surface area (Å²) >= 11 is 0. The van der Waals surface area contributed by atoms with E-state index in [0.29, 0.717) is 6.54 Å². The van der Waals surface area contributed by atoms with Crippen LogP contribution in [0.25, 0.3) is 11.3 Å². The number of hydrogen-bond donors (Lipinski definition) is 2. The summed E-state index contributed by atoms with van der Waals surface area (Å²) in [4.78, 5) is 11.7. The summed E-state index contributed by atoms with van der Waals surface area (Å²) in [7, 11) is 0. The Morgan fingerprint density at radius 3 is 2.71 bits per heavy atom. The quantitative estimate of drug-likeness (QED) is 0.730. The molecule has 0 radical (unpaired) electrons. The minimum absolute atomic E-state index is 0.0989. The third-order valence-corrected chi connectivity index (χ3v) is 3.03. The number of amides is 1. The molecule has 1 aromatic carbocycles. The summed E-state index contributed by atoms with van der Waals surface area (Å²) in [6.45, 7) is 0.656. The SMILES string of the molecule is O=C(Cn1ccnn1)NCc1ccc(-c2ccn[nH]2)cc1. The number of H-pyrrole nitrogens is 1.